The number of aromatic nitrogens is 4. The highest BCUT2D eigenvalue weighted by Gasteiger charge is 2.34. The van der Waals surface area contributed by atoms with Crippen LogP contribution in [0.2, 0.25) is 0 Å². The Balaban J connectivity index is 1.68. The minimum atomic E-state index is -0.205. The average molecular weight is 463 g/mol. The fraction of sp³-hybridized carbons (Fsp3) is 0.607. The van der Waals surface area contributed by atoms with Gasteiger partial charge in [-0.15, -0.1) is 5.10 Å². The van der Waals surface area contributed by atoms with Gasteiger partial charge in [0.25, 0.3) is 0 Å². The van der Waals surface area contributed by atoms with Gasteiger partial charge in [-0.3, -0.25) is 0 Å². The number of hydrogen-bond donors (Lipinski definition) is 2. The predicted octanol–water partition coefficient (Wildman–Crippen LogP) is 5.44. The molecule has 0 aliphatic heterocycles. The lowest BCUT2D eigenvalue weighted by molar-refractivity contribution is 0.187. The van der Waals surface area contributed by atoms with Gasteiger partial charge in [-0.2, -0.15) is 0 Å². The zero-order chi connectivity index (χ0) is 24.3. The summed E-state index contributed by atoms with van der Waals surface area (Å²) in [5.41, 5.74) is 7.17. The molecule has 2 aromatic carbocycles. The zero-order valence-corrected chi connectivity index (χ0v) is 21.6. The van der Waals surface area contributed by atoms with Crippen LogP contribution in [0.3, 0.4) is 0 Å². The van der Waals surface area contributed by atoms with E-state index in [4.69, 9.17) is 5.73 Å². The molecule has 4 rings (SSSR count). The van der Waals surface area contributed by atoms with Gasteiger partial charge in [0.2, 0.25) is 0 Å². The summed E-state index contributed by atoms with van der Waals surface area (Å²) >= 11 is 0. The van der Waals surface area contributed by atoms with Gasteiger partial charge in [0.15, 0.2) is 5.82 Å². The average Bonchev–Trinajstić information content (AvgIpc) is 3.28. The van der Waals surface area contributed by atoms with Crippen LogP contribution in [0.25, 0.3) is 10.8 Å². The third-order valence-electron chi connectivity index (χ3n) is 7.23. The number of nitrogens with two attached hydrogens (primary N) is 1. The van der Waals surface area contributed by atoms with E-state index in [1.165, 1.54) is 42.0 Å². The maximum atomic E-state index is 6.01. The lowest BCUT2D eigenvalue weighted by atomic mass is 9.81. The van der Waals surface area contributed by atoms with E-state index in [2.05, 4.69) is 103 Å². The molecule has 6 heteroatoms. The molecule has 1 aliphatic carbocycles. The summed E-state index contributed by atoms with van der Waals surface area (Å²) in [4.78, 5) is 0. The van der Waals surface area contributed by atoms with Crippen molar-refractivity contribution in [3.05, 3.63) is 53.9 Å². The van der Waals surface area contributed by atoms with Crippen LogP contribution >= 0.6 is 0 Å². The molecule has 0 amide bonds. The van der Waals surface area contributed by atoms with Crippen molar-refractivity contribution >= 4 is 10.8 Å². The normalized spacial score (nSPS) is 20.5. The lowest BCUT2D eigenvalue weighted by Crippen LogP contribution is -2.38. The van der Waals surface area contributed by atoms with Crippen molar-refractivity contribution in [2.75, 3.05) is 13.1 Å². The van der Waals surface area contributed by atoms with E-state index in [0.29, 0.717) is 11.8 Å². The Morgan fingerprint density at radius 1 is 1.03 bits per heavy atom. The maximum absolute atomic E-state index is 6.01. The highest BCUT2D eigenvalue weighted by atomic mass is 15.6. The maximum Gasteiger partial charge on any atom is 0.173 e. The van der Waals surface area contributed by atoms with Crippen molar-refractivity contribution in [1.29, 1.82) is 0 Å². The Morgan fingerprint density at radius 3 is 2.50 bits per heavy atom. The van der Waals surface area contributed by atoms with Gasteiger partial charge < -0.3 is 11.1 Å². The smallest absolute Gasteiger partial charge is 0.173 e. The Hall–Kier alpha value is -2.31. The molecule has 34 heavy (non-hydrogen) atoms. The van der Waals surface area contributed by atoms with Gasteiger partial charge in [-0.1, -0.05) is 63.6 Å². The second-order valence-corrected chi connectivity index (χ2v) is 12.1. The molecular weight excluding hydrogens is 420 g/mol. The van der Waals surface area contributed by atoms with Crippen molar-refractivity contribution in [2.45, 2.75) is 78.3 Å². The number of benzene rings is 2. The molecule has 1 aromatic heterocycles. The molecule has 0 radical (unpaired) electrons. The molecule has 3 aromatic rings. The van der Waals surface area contributed by atoms with Crippen LogP contribution in [0.1, 0.15) is 84.2 Å². The number of fused-ring (bicyclic) bond motifs is 1. The molecular formula is C28H42N6. The van der Waals surface area contributed by atoms with Crippen molar-refractivity contribution in [3.63, 3.8) is 0 Å². The van der Waals surface area contributed by atoms with Crippen LogP contribution < -0.4 is 11.1 Å². The monoisotopic (exact) mass is 462 g/mol. The van der Waals surface area contributed by atoms with Gasteiger partial charge in [0, 0.05) is 0 Å². The van der Waals surface area contributed by atoms with Gasteiger partial charge in [0.1, 0.15) is 0 Å². The first kappa shape index (κ1) is 24.8. The van der Waals surface area contributed by atoms with Crippen LogP contribution in [-0.2, 0) is 5.54 Å². The molecule has 184 valence electrons. The largest absolute Gasteiger partial charge is 0.330 e. The second kappa shape index (κ2) is 10.1. The van der Waals surface area contributed by atoms with Crippen molar-refractivity contribution in [1.82, 2.24) is 25.5 Å². The fourth-order valence-electron chi connectivity index (χ4n) is 6.01. The Morgan fingerprint density at radius 2 is 1.76 bits per heavy atom. The van der Waals surface area contributed by atoms with E-state index >= 15 is 0 Å². The second-order valence-electron chi connectivity index (χ2n) is 12.1. The number of tetrazole rings is 1. The molecule has 1 aliphatic rings. The summed E-state index contributed by atoms with van der Waals surface area (Å²) in [6, 6.07) is 15.2. The minimum absolute atomic E-state index is 0.0721. The third kappa shape index (κ3) is 5.84. The molecule has 6 nitrogen and oxygen atoms in total. The molecule has 3 atom stereocenters. The van der Waals surface area contributed by atoms with E-state index in [1.807, 2.05) is 0 Å². The molecule has 3 N–H and O–H groups in total. The van der Waals surface area contributed by atoms with E-state index in [9.17, 15) is 0 Å². The van der Waals surface area contributed by atoms with E-state index in [0.717, 1.165) is 25.3 Å². The van der Waals surface area contributed by atoms with Crippen LogP contribution in [0.4, 0.5) is 0 Å². The summed E-state index contributed by atoms with van der Waals surface area (Å²) in [6.07, 6.45) is 5.97. The Bertz CT molecular complexity index is 1080. The molecule has 1 saturated carbocycles. The number of rotatable bonds is 8. The Labute approximate surface area is 204 Å². The first-order valence-corrected chi connectivity index (χ1v) is 12.9. The zero-order valence-electron chi connectivity index (χ0n) is 21.6. The Kier molecular flexibility index (Phi) is 7.39. The fourth-order valence-corrected chi connectivity index (χ4v) is 6.01. The van der Waals surface area contributed by atoms with Crippen LogP contribution in [-0.4, -0.2) is 33.3 Å². The number of nitrogens with zero attached hydrogens (tertiary/aromatic N) is 4. The molecule has 0 saturated heterocycles. The molecule has 1 heterocycles. The molecule has 0 spiro atoms. The van der Waals surface area contributed by atoms with Gasteiger partial charge in [-0.05, 0) is 103 Å². The summed E-state index contributed by atoms with van der Waals surface area (Å²) in [7, 11) is 0. The van der Waals surface area contributed by atoms with Crippen LogP contribution in [0.5, 0.6) is 0 Å². The van der Waals surface area contributed by atoms with Gasteiger partial charge in [0.05, 0.1) is 11.6 Å². The van der Waals surface area contributed by atoms with Gasteiger partial charge >= 0.3 is 0 Å². The third-order valence-corrected chi connectivity index (χ3v) is 7.23. The highest BCUT2D eigenvalue weighted by molar-refractivity contribution is 5.83. The van der Waals surface area contributed by atoms with E-state index < -0.39 is 0 Å². The number of nitrogens with one attached hydrogen (secondary N) is 1. The number of hydrogen-bond acceptors (Lipinski definition) is 5. The predicted molar refractivity (Wildman–Crippen MR) is 140 cm³/mol. The van der Waals surface area contributed by atoms with Crippen LogP contribution in [0.15, 0.2) is 42.5 Å². The minimum Gasteiger partial charge on any atom is -0.330 e. The quantitative estimate of drug-likeness (QED) is 0.466. The van der Waals surface area contributed by atoms with E-state index in [1.54, 1.807) is 0 Å². The van der Waals surface area contributed by atoms with Crippen molar-refractivity contribution in [3.8, 4) is 0 Å². The first-order valence-electron chi connectivity index (χ1n) is 12.9. The summed E-state index contributed by atoms with van der Waals surface area (Å²) < 4.78 is 2.05. The van der Waals surface area contributed by atoms with Crippen molar-refractivity contribution in [2.24, 2.45) is 23.0 Å². The first-order chi connectivity index (χ1) is 16.2. The molecule has 3 unspecified atom stereocenters. The van der Waals surface area contributed by atoms with Crippen molar-refractivity contribution < 1.29 is 0 Å². The SMILES string of the molecule is CC(C)(C)CC(C)(C)n1nnnc1C(NCC1CCCC(CN)C1)c1ccc2ccccc2c1. The summed E-state index contributed by atoms with van der Waals surface area (Å²) in [5, 5.41) is 19.6. The highest BCUT2D eigenvalue weighted by Crippen LogP contribution is 2.35. The lowest BCUT2D eigenvalue weighted by Gasteiger charge is -2.34. The summed E-state index contributed by atoms with van der Waals surface area (Å²) in [6.45, 7) is 13.0. The standard InChI is InChI=1S/C28H42N6/c1-27(2,3)19-28(4,5)34-26(31-32-33-34)25(30-18-21-10-8-9-20(15-21)17-29)24-14-13-22-11-6-7-12-23(22)16-24/h6-7,11-14,16,20-21,25,30H,8-10,15,17-19,29H2,1-5H3. The van der Waals surface area contributed by atoms with Gasteiger partial charge in [-0.25, -0.2) is 4.68 Å². The summed E-state index contributed by atoms with van der Waals surface area (Å²) in [5.74, 6) is 2.17. The van der Waals surface area contributed by atoms with E-state index in [-0.39, 0.29) is 17.0 Å². The molecule has 1 fully saturated rings. The molecule has 0 bridgehead atoms. The topological polar surface area (TPSA) is 81.7 Å². The van der Waals surface area contributed by atoms with Crippen LogP contribution in [0, 0.1) is 17.3 Å².